The van der Waals surface area contributed by atoms with E-state index in [2.05, 4.69) is 19.1 Å². The lowest BCUT2D eigenvalue weighted by Gasteiger charge is -2.33. The van der Waals surface area contributed by atoms with Gasteiger partial charge in [0.2, 0.25) is 0 Å². The third-order valence-electron chi connectivity index (χ3n) is 4.33. The molecule has 0 aromatic heterocycles. The van der Waals surface area contributed by atoms with E-state index in [0.29, 0.717) is 5.92 Å². The first-order chi connectivity index (χ1) is 9.02. The number of carbonyl (C=O) groups is 1. The predicted molar refractivity (Wildman–Crippen MR) is 74.6 cm³/mol. The van der Waals surface area contributed by atoms with E-state index < -0.39 is 5.97 Å². The van der Waals surface area contributed by atoms with Crippen molar-refractivity contribution in [2.75, 3.05) is 7.11 Å². The molecule has 2 unspecified atom stereocenters. The summed E-state index contributed by atoms with van der Waals surface area (Å²) in [5.74, 6) is 0.802. The first-order valence-electron chi connectivity index (χ1n) is 6.90. The lowest BCUT2D eigenvalue weighted by atomic mass is 9.71. The van der Waals surface area contributed by atoms with Gasteiger partial charge in [-0.1, -0.05) is 19.1 Å². The first kappa shape index (κ1) is 13.9. The van der Waals surface area contributed by atoms with E-state index in [-0.39, 0.29) is 11.8 Å². The van der Waals surface area contributed by atoms with Gasteiger partial charge in [0, 0.05) is 0 Å². The second kappa shape index (κ2) is 5.64. The number of rotatable bonds is 3. The molecule has 0 saturated heterocycles. The molecule has 0 amide bonds. The second-order valence-corrected chi connectivity index (χ2v) is 5.68. The third kappa shape index (κ3) is 2.91. The summed E-state index contributed by atoms with van der Waals surface area (Å²) in [6.45, 7) is 4.25. The van der Waals surface area contributed by atoms with Gasteiger partial charge in [-0.15, -0.1) is 0 Å². The molecule has 0 aliphatic heterocycles. The molecule has 1 aromatic rings. The van der Waals surface area contributed by atoms with E-state index in [4.69, 9.17) is 4.74 Å². The van der Waals surface area contributed by atoms with Crippen molar-refractivity contribution in [3.63, 3.8) is 0 Å². The Bertz CT molecular complexity index is 467. The normalized spacial score (nSPS) is 27.0. The van der Waals surface area contributed by atoms with Gasteiger partial charge in [0.1, 0.15) is 5.75 Å². The Morgan fingerprint density at radius 2 is 2.11 bits per heavy atom. The number of hydrogen-bond donors (Lipinski definition) is 1. The molecular weight excluding hydrogens is 240 g/mol. The van der Waals surface area contributed by atoms with E-state index >= 15 is 0 Å². The van der Waals surface area contributed by atoms with Crippen molar-refractivity contribution in [3.05, 3.63) is 29.3 Å². The van der Waals surface area contributed by atoms with Crippen molar-refractivity contribution in [3.8, 4) is 5.75 Å². The highest BCUT2D eigenvalue weighted by molar-refractivity contribution is 5.70. The van der Waals surface area contributed by atoms with E-state index in [9.17, 15) is 9.90 Å². The Morgan fingerprint density at radius 3 is 2.74 bits per heavy atom. The minimum atomic E-state index is -0.664. The number of benzene rings is 1. The molecule has 3 heteroatoms. The number of aliphatic carboxylic acids is 1. The zero-order chi connectivity index (χ0) is 14.0. The highest BCUT2D eigenvalue weighted by atomic mass is 16.5. The van der Waals surface area contributed by atoms with E-state index in [0.717, 1.165) is 30.6 Å². The molecule has 0 bridgehead atoms. The average Bonchev–Trinajstić information content (AvgIpc) is 2.39. The minimum absolute atomic E-state index is 0.216. The summed E-state index contributed by atoms with van der Waals surface area (Å²) in [7, 11) is 1.68. The Labute approximate surface area is 114 Å². The van der Waals surface area contributed by atoms with Crippen LogP contribution in [0.15, 0.2) is 18.2 Å². The second-order valence-electron chi connectivity index (χ2n) is 5.68. The van der Waals surface area contributed by atoms with Crippen LogP contribution < -0.4 is 4.74 Å². The summed E-state index contributed by atoms with van der Waals surface area (Å²) in [5.41, 5.74) is 2.32. The zero-order valence-corrected chi connectivity index (χ0v) is 11.8. The fourth-order valence-electron chi connectivity index (χ4n) is 3.10. The van der Waals surface area contributed by atoms with Gasteiger partial charge in [0.05, 0.1) is 13.0 Å². The summed E-state index contributed by atoms with van der Waals surface area (Å²) >= 11 is 0. The molecule has 2 rings (SSSR count). The lowest BCUT2D eigenvalue weighted by molar-refractivity contribution is -0.143. The van der Waals surface area contributed by atoms with Gasteiger partial charge in [-0.25, -0.2) is 0 Å². The third-order valence-corrected chi connectivity index (χ3v) is 4.33. The SMILES string of the molecule is COc1cc(C)ccc1C1CC(C(=O)O)CC[C@@H]1C. The van der Waals surface area contributed by atoms with Crippen LogP contribution in [0.5, 0.6) is 5.75 Å². The maximum absolute atomic E-state index is 11.2. The molecule has 0 spiro atoms. The van der Waals surface area contributed by atoms with Crippen LogP contribution in [0.2, 0.25) is 0 Å². The van der Waals surface area contributed by atoms with Crippen LogP contribution in [0.4, 0.5) is 0 Å². The highest BCUT2D eigenvalue weighted by Crippen LogP contribution is 2.43. The lowest BCUT2D eigenvalue weighted by Crippen LogP contribution is -2.26. The number of methoxy groups -OCH3 is 1. The number of hydrogen-bond acceptors (Lipinski definition) is 2. The van der Waals surface area contributed by atoms with Gasteiger partial charge in [-0.2, -0.15) is 0 Å². The Morgan fingerprint density at radius 1 is 1.37 bits per heavy atom. The molecule has 0 radical (unpaired) electrons. The van der Waals surface area contributed by atoms with E-state index in [1.54, 1.807) is 7.11 Å². The quantitative estimate of drug-likeness (QED) is 0.905. The molecule has 3 nitrogen and oxygen atoms in total. The molecular formula is C16H22O3. The molecule has 19 heavy (non-hydrogen) atoms. The van der Waals surface area contributed by atoms with Gasteiger partial charge < -0.3 is 9.84 Å². The van der Waals surface area contributed by atoms with Crippen molar-refractivity contribution in [1.82, 2.24) is 0 Å². The Hall–Kier alpha value is -1.51. The zero-order valence-electron chi connectivity index (χ0n) is 11.8. The molecule has 1 N–H and O–H groups in total. The maximum atomic E-state index is 11.2. The van der Waals surface area contributed by atoms with Gasteiger partial charge >= 0.3 is 5.97 Å². The smallest absolute Gasteiger partial charge is 0.306 e. The monoisotopic (exact) mass is 262 g/mol. The number of ether oxygens (including phenoxy) is 1. The molecule has 0 heterocycles. The number of carboxylic acid groups (broad SMARTS) is 1. The van der Waals surface area contributed by atoms with Crippen molar-refractivity contribution < 1.29 is 14.6 Å². The summed E-state index contributed by atoms with van der Waals surface area (Å²) in [5, 5.41) is 9.23. The molecule has 1 saturated carbocycles. The van der Waals surface area contributed by atoms with Crippen LogP contribution in [0.25, 0.3) is 0 Å². The summed E-state index contributed by atoms with van der Waals surface area (Å²) < 4.78 is 5.48. The summed E-state index contributed by atoms with van der Waals surface area (Å²) in [6.07, 6.45) is 2.48. The molecule has 1 aromatic carbocycles. The molecule has 1 aliphatic rings. The summed E-state index contributed by atoms with van der Waals surface area (Å²) in [6, 6.07) is 6.21. The fourth-order valence-corrected chi connectivity index (χ4v) is 3.10. The molecule has 1 fully saturated rings. The Kier molecular flexibility index (Phi) is 4.13. The summed E-state index contributed by atoms with van der Waals surface area (Å²) in [4.78, 5) is 11.2. The van der Waals surface area contributed by atoms with Crippen LogP contribution >= 0.6 is 0 Å². The van der Waals surface area contributed by atoms with Crippen molar-refractivity contribution in [1.29, 1.82) is 0 Å². The van der Waals surface area contributed by atoms with Crippen LogP contribution in [0, 0.1) is 18.8 Å². The van der Waals surface area contributed by atoms with Crippen LogP contribution in [-0.4, -0.2) is 18.2 Å². The minimum Gasteiger partial charge on any atom is -0.496 e. The average molecular weight is 262 g/mol. The number of carboxylic acids is 1. The molecule has 104 valence electrons. The maximum Gasteiger partial charge on any atom is 0.306 e. The van der Waals surface area contributed by atoms with Gasteiger partial charge in [0.25, 0.3) is 0 Å². The van der Waals surface area contributed by atoms with Gasteiger partial charge in [0.15, 0.2) is 0 Å². The van der Waals surface area contributed by atoms with Crippen molar-refractivity contribution >= 4 is 5.97 Å². The molecule has 3 atom stereocenters. The van der Waals surface area contributed by atoms with Crippen LogP contribution in [0.3, 0.4) is 0 Å². The largest absolute Gasteiger partial charge is 0.496 e. The standard InChI is InChI=1S/C16H22O3/c1-10-4-7-13(15(8-10)19-3)14-9-12(16(17)18)6-5-11(14)2/h4,7-8,11-12,14H,5-6,9H2,1-3H3,(H,17,18)/t11-,12?,14?/m0/s1. The van der Waals surface area contributed by atoms with E-state index in [1.807, 2.05) is 13.0 Å². The van der Waals surface area contributed by atoms with Crippen LogP contribution in [0.1, 0.15) is 43.2 Å². The van der Waals surface area contributed by atoms with Gasteiger partial charge in [-0.3, -0.25) is 4.79 Å². The Balaban J connectivity index is 2.30. The first-order valence-corrected chi connectivity index (χ1v) is 6.90. The van der Waals surface area contributed by atoms with Crippen molar-refractivity contribution in [2.24, 2.45) is 11.8 Å². The predicted octanol–water partition coefficient (Wildman–Crippen LogP) is 3.61. The van der Waals surface area contributed by atoms with Gasteiger partial charge in [-0.05, 0) is 55.2 Å². The topological polar surface area (TPSA) is 46.5 Å². The van der Waals surface area contributed by atoms with Crippen molar-refractivity contribution in [2.45, 2.75) is 39.0 Å². The molecule has 1 aliphatic carbocycles. The van der Waals surface area contributed by atoms with E-state index in [1.165, 1.54) is 5.56 Å². The fraction of sp³-hybridized carbons (Fsp3) is 0.562. The highest BCUT2D eigenvalue weighted by Gasteiger charge is 2.33. The number of aryl methyl sites for hydroxylation is 1. The van der Waals surface area contributed by atoms with Crippen LogP contribution in [-0.2, 0) is 4.79 Å².